The summed E-state index contributed by atoms with van der Waals surface area (Å²) in [5.41, 5.74) is 0.322. The number of rotatable bonds is 5. The number of anilines is 1. The number of ether oxygens (including phenoxy) is 1. The first-order valence-corrected chi connectivity index (χ1v) is 12.5. The van der Waals surface area contributed by atoms with Gasteiger partial charge < -0.3 is 9.64 Å². The SMILES string of the molecule is COc1ccc(N2C(=O)[C@@H]3[C@@H](c4cccc([N+](=O)[O-])c4)N([C@H]4SC(=S)N(C)C4(C)C)O[C@H]3C2=O)cc1. The lowest BCUT2D eigenvalue weighted by atomic mass is 9.89. The number of hydroxylamine groups is 2. The Kier molecular flexibility index (Phi) is 6.02. The molecule has 12 heteroatoms. The number of methoxy groups -OCH3 is 1. The minimum absolute atomic E-state index is 0.106. The molecule has 2 amide bonds. The predicted molar refractivity (Wildman–Crippen MR) is 137 cm³/mol. The Hall–Kier alpha value is -3.06. The molecule has 3 saturated heterocycles. The molecule has 10 nitrogen and oxygen atoms in total. The van der Waals surface area contributed by atoms with Gasteiger partial charge in [0.1, 0.15) is 15.4 Å². The highest BCUT2D eigenvalue weighted by molar-refractivity contribution is 8.23. The van der Waals surface area contributed by atoms with Crippen LogP contribution in [0.4, 0.5) is 11.4 Å². The standard InChI is InChI=1S/C24H24N4O6S2/c1-24(2)22(36-23(35)25(24)3)27-18(13-6-5-7-15(12-13)28(31)32)17-19(34-27)21(30)26(20(17)29)14-8-10-16(33-4)11-9-14/h5-12,17-19,22H,1-4H3/t17-,18-,19-,22+/m1/s1. The molecule has 2 aromatic carbocycles. The van der Waals surface area contributed by atoms with Gasteiger partial charge in [-0.05, 0) is 43.7 Å². The van der Waals surface area contributed by atoms with Gasteiger partial charge in [-0.15, -0.1) is 0 Å². The second-order valence-electron chi connectivity index (χ2n) is 9.37. The van der Waals surface area contributed by atoms with Gasteiger partial charge in [0.05, 0.1) is 35.2 Å². The number of nitrogens with zero attached hydrogens (tertiary/aromatic N) is 4. The van der Waals surface area contributed by atoms with E-state index in [4.69, 9.17) is 21.8 Å². The topological polar surface area (TPSA) is 105 Å². The van der Waals surface area contributed by atoms with Crippen molar-refractivity contribution in [1.82, 2.24) is 9.96 Å². The van der Waals surface area contributed by atoms with E-state index in [9.17, 15) is 19.7 Å². The van der Waals surface area contributed by atoms with Crippen LogP contribution in [0.5, 0.6) is 5.75 Å². The van der Waals surface area contributed by atoms with E-state index >= 15 is 0 Å². The Morgan fingerprint density at radius 2 is 1.83 bits per heavy atom. The maximum absolute atomic E-state index is 13.8. The summed E-state index contributed by atoms with van der Waals surface area (Å²) < 4.78 is 5.84. The molecule has 5 rings (SSSR count). The maximum Gasteiger partial charge on any atom is 0.269 e. The van der Waals surface area contributed by atoms with E-state index in [2.05, 4.69) is 0 Å². The first kappa shape index (κ1) is 24.6. The van der Waals surface area contributed by atoms with Crippen LogP contribution in [0.25, 0.3) is 0 Å². The van der Waals surface area contributed by atoms with E-state index in [1.807, 2.05) is 25.8 Å². The number of hydrogen-bond acceptors (Lipinski definition) is 9. The summed E-state index contributed by atoms with van der Waals surface area (Å²) in [4.78, 5) is 47.7. The number of benzene rings is 2. The molecule has 36 heavy (non-hydrogen) atoms. The van der Waals surface area contributed by atoms with Gasteiger partial charge in [-0.1, -0.05) is 36.1 Å². The molecule has 0 saturated carbocycles. The van der Waals surface area contributed by atoms with E-state index in [-0.39, 0.29) is 11.1 Å². The monoisotopic (exact) mass is 528 g/mol. The van der Waals surface area contributed by atoms with Crippen molar-refractivity contribution in [2.24, 2.45) is 5.92 Å². The van der Waals surface area contributed by atoms with Crippen LogP contribution in [-0.4, -0.2) is 62.2 Å². The molecule has 0 radical (unpaired) electrons. The number of thiocarbonyl (C=S) groups is 1. The highest BCUT2D eigenvalue weighted by atomic mass is 32.2. The molecule has 0 bridgehead atoms. The highest BCUT2D eigenvalue weighted by Gasteiger charge is 2.63. The Bertz CT molecular complexity index is 1270. The normalized spacial score (nSPS) is 27.6. The fraction of sp³-hybridized carbons (Fsp3) is 0.375. The number of imide groups is 1. The minimum atomic E-state index is -1.07. The van der Waals surface area contributed by atoms with Gasteiger partial charge in [-0.2, -0.15) is 5.06 Å². The van der Waals surface area contributed by atoms with Crippen molar-refractivity contribution >= 4 is 51.5 Å². The summed E-state index contributed by atoms with van der Waals surface area (Å²) in [5, 5.41) is 12.8. The number of nitro groups is 1. The van der Waals surface area contributed by atoms with Gasteiger partial charge in [-0.3, -0.25) is 24.5 Å². The molecule has 188 valence electrons. The van der Waals surface area contributed by atoms with Crippen molar-refractivity contribution in [3.05, 3.63) is 64.2 Å². The minimum Gasteiger partial charge on any atom is -0.497 e. The van der Waals surface area contributed by atoms with E-state index in [0.29, 0.717) is 21.3 Å². The zero-order valence-corrected chi connectivity index (χ0v) is 21.6. The molecule has 3 aliphatic heterocycles. The number of non-ortho nitro benzene ring substituents is 1. The van der Waals surface area contributed by atoms with Crippen molar-refractivity contribution < 1.29 is 24.1 Å². The van der Waals surface area contributed by atoms with Crippen LogP contribution >= 0.6 is 24.0 Å². The Morgan fingerprint density at radius 3 is 2.42 bits per heavy atom. The Labute approximate surface area is 217 Å². The van der Waals surface area contributed by atoms with E-state index in [1.165, 1.54) is 31.0 Å². The lowest BCUT2D eigenvalue weighted by Gasteiger charge is -2.39. The number of fused-ring (bicyclic) bond motifs is 1. The van der Waals surface area contributed by atoms with Crippen LogP contribution in [0, 0.1) is 16.0 Å². The van der Waals surface area contributed by atoms with Crippen LogP contribution in [0.1, 0.15) is 25.5 Å². The summed E-state index contributed by atoms with van der Waals surface area (Å²) in [5.74, 6) is -1.20. The number of carbonyl (C=O) groups excluding carboxylic acids is 2. The number of thioether (sulfide) groups is 1. The van der Waals surface area contributed by atoms with E-state index < -0.39 is 40.3 Å². The number of carbonyl (C=O) groups is 2. The van der Waals surface area contributed by atoms with Gasteiger partial charge in [0, 0.05) is 19.2 Å². The number of hydrogen-bond donors (Lipinski definition) is 0. The Balaban J connectivity index is 1.58. The summed E-state index contributed by atoms with van der Waals surface area (Å²) in [6.45, 7) is 4.00. The third kappa shape index (κ3) is 3.67. The maximum atomic E-state index is 13.8. The fourth-order valence-electron chi connectivity index (χ4n) is 4.88. The average molecular weight is 529 g/mol. The molecule has 0 aromatic heterocycles. The molecular formula is C24H24N4O6S2. The molecular weight excluding hydrogens is 504 g/mol. The summed E-state index contributed by atoms with van der Waals surface area (Å²) in [6, 6.07) is 12.0. The van der Waals surface area contributed by atoms with Crippen molar-refractivity contribution in [3.63, 3.8) is 0 Å². The van der Waals surface area contributed by atoms with Gasteiger partial charge in [0.25, 0.3) is 11.6 Å². The van der Waals surface area contributed by atoms with Crippen LogP contribution < -0.4 is 9.64 Å². The van der Waals surface area contributed by atoms with Crippen molar-refractivity contribution in [2.75, 3.05) is 19.1 Å². The van der Waals surface area contributed by atoms with E-state index in [1.54, 1.807) is 41.5 Å². The smallest absolute Gasteiger partial charge is 0.269 e. The van der Waals surface area contributed by atoms with Crippen LogP contribution in [-0.2, 0) is 14.4 Å². The third-order valence-corrected chi connectivity index (χ3v) is 9.13. The molecule has 3 aliphatic rings. The lowest BCUT2D eigenvalue weighted by molar-refractivity contribution is -0.385. The van der Waals surface area contributed by atoms with Gasteiger partial charge >= 0.3 is 0 Å². The largest absolute Gasteiger partial charge is 0.497 e. The van der Waals surface area contributed by atoms with Crippen LogP contribution in [0.2, 0.25) is 0 Å². The van der Waals surface area contributed by atoms with E-state index in [0.717, 1.165) is 4.90 Å². The number of likely N-dealkylation sites (N-methyl/N-ethyl adjacent to an activating group) is 1. The van der Waals surface area contributed by atoms with Crippen LogP contribution in [0.15, 0.2) is 48.5 Å². The van der Waals surface area contributed by atoms with Crippen molar-refractivity contribution in [2.45, 2.75) is 36.9 Å². The summed E-state index contributed by atoms with van der Waals surface area (Å²) in [7, 11) is 3.42. The third-order valence-electron chi connectivity index (χ3n) is 7.08. The lowest BCUT2D eigenvalue weighted by Crippen LogP contribution is -2.51. The first-order chi connectivity index (χ1) is 17.1. The number of amides is 2. The molecule has 2 aromatic rings. The quantitative estimate of drug-likeness (QED) is 0.248. The predicted octanol–water partition coefficient (Wildman–Crippen LogP) is 3.52. The van der Waals surface area contributed by atoms with Gasteiger partial charge in [-0.25, -0.2) is 4.90 Å². The molecule has 0 N–H and O–H groups in total. The number of nitro benzene ring substituents is 1. The average Bonchev–Trinajstić information content (AvgIpc) is 3.43. The summed E-state index contributed by atoms with van der Waals surface area (Å²) >= 11 is 6.93. The van der Waals surface area contributed by atoms with Crippen molar-refractivity contribution in [1.29, 1.82) is 0 Å². The van der Waals surface area contributed by atoms with Crippen LogP contribution in [0.3, 0.4) is 0 Å². The molecule has 4 atom stereocenters. The zero-order chi connectivity index (χ0) is 25.9. The van der Waals surface area contributed by atoms with Gasteiger partial charge in [0.15, 0.2) is 6.10 Å². The zero-order valence-electron chi connectivity index (χ0n) is 20.0. The molecule has 0 unspecified atom stereocenters. The first-order valence-electron chi connectivity index (χ1n) is 11.2. The van der Waals surface area contributed by atoms with Gasteiger partial charge in [0.2, 0.25) is 5.91 Å². The molecule has 0 aliphatic carbocycles. The molecule has 0 spiro atoms. The summed E-state index contributed by atoms with van der Waals surface area (Å²) in [6.07, 6.45) is -1.07. The second-order valence-corrected chi connectivity index (χ2v) is 11.1. The molecule has 3 heterocycles. The fourth-order valence-corrected chi connectivity index (χ4v) is 6.71. The highest BCUT2D eigenvalue weighted by Crippen LogP contribution is 2.52. The molecule has 3 fully saturated rings. The Morgan fingerprint density at radius 1 is 1.14 bits per heavy atom. The second kappa shape index (κ2) is 8.80. The van der Waals surface area contributed by atoms with Crippen molar-refractivity contribution in [3.8, 4) is 5.75 Å².